The summed E-state index contributed by atoms with van der Waals surface area (Å²) in [5.41, 5.74) is 2.72. The molecule has 0 saturated heterocycles. The number of quaternary nitrogens is 1. The van der Waals surface area contributed by atoms with E-state index in [0.29, 0.717) is 13.0 Å². The van der Waals surface area contributed by atoms with Gasteiger partial charge in [-0.1, -0.05) is 114 Å². The Morgan fingerprint density at radius 3 is 1.98 bits per heavy atom. The van der Waals surface area contributed by atoms with Gasteiger partial charge in [0.25, 0.3) is 0 Å². The molecule has 4 heteroatoms. The monoisotopic (exact) mass is 552 g/mol. The minimum Gasteiger partial charge on any atom is -0.487 e. The van der Waals surface area contributed by atoms with Crippen LogP contribution in [-0.4, -0.2) is 43.8 Å². The van der Waals surface area contributed by atoms with E-state index in [-0.39, 0.29) is 12.1 Å². The maximum absolute atomic E-state index is 12.3. The average molecular weight is 553 g/mol. The van der Waals surface area contributed by atoms with Crippen LogP contribution in [0.1, 0.15) is 115 Å². The summed E-state index contributed by atoms with van der Waals surface area (Å²) in [5.74, 6) is 0.732. The Hall–Kier alpha value is -2.33. The summed E-state index contributed by atoms with van der Waals surface area (Å²) in [6.07, 6.45) is 17.8. The molecule has 0 aliphatic heterocycles. The first kappa shape index (κ1) is 33.9. The molecule has 2 rings (SSSR count). The van der Waals surface area contributed by atoms with E-state index in [1.807, 2.05) is 0 Å². The molecule has 0 aliphatic rings. The van der Waals surface area contributed by atoms with E-state index in [1.165, 1.54) is 75.3 Å². The van der Waals surface area contributed by atoms with Crippen LogP contribution < -0.4 is 4.74 Å². The smallest absolute Gasteiger partial charge is 0.305 e. The molecule has 0 saturated carbocycles. The predicted molar refractivity (Wildman–Crippen MR) is 169 cm³/mol. The zero-order valence-electron chi connectivity index (χ0n) is 26.2. The normalized spacial score (nSPS) is 12.3. The fraction of sp³-hybridized carbons (Fsp3) is 0.639. The minimum atomic E-state index is -0.123. The Morgan fingerprint density at radius 1 is 0.725 bits per heavy atom. The lowest BCUT2D eigenvalue weighted by Gasteiger charge is -2.30. The molecule has 0 radical (unpaired) electrons. The summed E-state index contributed by atoms with van der Waals surface area (Å²) in [6.45, 7) is 6.70. The number of benzene rings is 2. The van der Waals surface area contributed by atoms with Gasteiger partial charge in [-0.2, -0.15) is 0 Å². The van der Waals surface area contributed by atoms with Crippen molar-refractivity contribution >= 4 is 5.97 Å². The van der Waals surface area contributed by atoms with Crippen molar-refractivity contribution in [3.8, 4) is 5.75 Å². The zero-order chi connectivity index (χ0) is 28.9. The second-order valence-electron chi connectivity index (χ2n) is 12.2. The number of esters is 1. The highest BCUT2D eigenvalue weighted by Gasteiger charge is 2.16. The van der Waals surface area contributed by atoms with Crippen LogP contribution in [-0.2, 0) is 22.5 Å². The third-order valence-corrected chi connectivity index (χ3v) is 7.78. The van der Waals surface area contributed by atoms with Gasteiger partial charge in [0, 0.05) is 12.0 Å². The Morgan fingerprint density at radius 2 is 1.35 bits per heavy atom. The first-order valence-electron chi connectivity index (χ1n) is 16.2. The first-order chi connectivity index (χ1) is 19.4. The molecule has 0 heterocycles. The van der Waals surface area contributed by atoms with Crippen molar-refractivity contribution in [3.05, 3.63) is 65.7 Å². The minimum absolute atomic E-state index is 0.113. The van der Waals surface area contributed by atoms with Gasteiger partial charge < -0.3 is 14.0 Å². The molecular weight excluding hydrogens is 494 g/mol. The molecule has 1 atom stereocenters. The highest BCUT2D eigenvalue weighted by atomic mass is 16.6. The Bertz CT molecular complexity index is 894. The third-order valence-electron chi connectivity index (χ3n) is 7.78. The molecule has 0 aromatic heterocycles. The number of rotatable bonds is 23. The number of hydrogen-bond donors (Lipinski definition) is 0. The Balaban J connectivity index is 1.55. The summed E-state index contributed by atoms with van der Waals surface area (Å²) in [7, 11) is 4.50. The van der Waals surface area contributed by atoms with Crippen LogP contribution in [0.25, 0.3) is 0 Å². The fourth-order valence-electron chi connectivity index (χ4n) is 5.20. The van der Waals surface area contributed by atoms with Crippen LogP contribution in [0.15, 0.2) is 54.6 Å². The maximum Gasteiger partial charge on any atom is 0.305 e. The van der Waals surface area contributed by atoms with Crippen LogP contribution in [0.5, 0.6) is 5.75 Å². The number of unbranched alkanes of at least 4 members (excludes halogenated alkanes) is 10. The second kappa shape index (κ2) is 20.5. The van der Waals surface area contributed by atoms with Gasteiger partial charge in [0.05, 0.1) is 20.6 Å². The van der Waals surface area contributed by atoms with Gasteiger partial charge in [-0.05, 0) is 49.8 Å². The molecule has 224 valence electrons. The fourth-order valence-corrected chi connectivity index (χ4v) is 5.20. The van der Waals surface area contributed by atoms with Crippen LogP contribution in [0.4, 0.5) is 0 Å². The van der Waals surface area contributed by atoms with Crippen LogP contribution in [0, 0.1) is 0 Å². The summed E-state index contributed by atoms with van der Waals surface area (Å²) < 4.78 is 12.6. The molecule has 0 spiro atoms. The number of carbonyl (C=O) groups excluding carboxylic acids is 1. The van der Waals surface area contributed by atoms with Crippen LogP contribution >= 0.6 is 0 Å². The number of hydrogen-bond acceptors (Lipinski definition) is 3. The van der Waals surface area contributed by atoms with Crippen molar-refractivity contribution in [1.29, 1.82) is 0 Å². The summed E-state index contributed by atoms with van der Waals surface area (Å²) in [4.78, 5) is 12.3. The molecule has 0 bridgehead atoms. The number of aryl methyl sites for hydroxylation is 1. The summed E-state index contributed by atoms with van der Waals surface area (Å²) >= 11 is 0. The molecule has 1 unspecified atom stereocenters. The molecule has 4 nitrogen and oxygen atoms in total. The van der Waals surface area contributed by atoms with Crippen molar-refractivity contribution in [2.24, 2.45) is 0 Å². The van der Waals surface area contributed by atoms with Crippen molar-refractivity contribution in [1.82, 2.24) is 0 Å². The molecule has 0 fully saturated rings. The van der Waals surface area contributed by atoms with Gasteiger partial charge in [-0.25, -0.2) is 0 Å². The van der Waals surface area contributed by atoms with Crippen LogP contribution in [0.3, 0.4) is 0 Å². The number of nitrogens with zero attached hydrogens (tertiary/aromatic N) is 1. The Labute approximate surface area is 246 Å². The van der Waals surface area contributed by atoms with E-state index in [2.05, 4.69) is 82.5 Å². The topological polar surface area (TPSA) is 35.5 Å². The van der Waals surface area contributed by atoms with E-state index < -0.39 is 0 Å². The molecule has 0 aliphatic carbocycles. The SMILES string of the molecule is CCCCCCCCCCCCc1ccc(OC(CC)COC(=O)CCCC[N+](C)(C)Cc2ccccc2)cc1. The molecule has 0 amide bonds. The van der Waals surface area contributed by atoms with Crippen molar-refractivity contribution in [2.45, 2.75) is 123 Å². The average Bonchev–Trinajstić information content (AvgIpc) is 2.95. The number of carbonyl (C=O) groups is 1. The second-order valence-corrected chi connectivity index (χ2v) is 12.2. The summed E-state index contributed by atoms with van der Waals surface area (Å²) in [6, 6.07) is 19.1. The lowest BCUT2D eigenvalue weighted by molar-refractivity contribution is -0.903. The third kappa shape index (κ3) is 16.1. The van der Waals surface area contributed by atoms with Gasteiger partial charge >= 0.3 is 5.97 Å². The molecule has 40 heavy (non-hydrogen) atoms. The quantitative estimate of drug-likeness (QED) is 0.0783. The van der Waals surface area contributed by atoms with Crippen LogP contribution in [0.2, 0.25) is 0 Å². The van der Waals surface area contributed by atoms with E-state index in [1.54, 1.807) is 0 Å². The lowest BCUT2D eigenvalue weighted by Crippen LogP contribution is -2.39. The van der Waals surface area contributed by atoms with Gasteiger partial charge in [0.1, 0.15) is 25.0 Å². The highest BCUT2D eigenvalue weighted by Crippen LogP contribution is 2.18. The van der Waals surface area contributed by atoms with Crippen molar-refractivity contribution < 1.29 is 18.8 Å². The van der Waals surface area contributed by atoms with Crippen molar-refractivity contribution in [2.75, 3.05) is 27.2 Å². The van der Waals surface area contributed by atoms with Gasteiger partial charge in [-0.15, -0.1) is 0 Å². The molecular formula is C36H58NO3+. The first-order valence-corrected chi connectivity index (χ1v) is 16.2. The Kier molecular flexibility index (Phi) is 17.4. The van der Waals surface area contributed by atoms with Gasteiger partial charge in [0.2, 0.25) is 0 Å². The largest absolute Gasteiger partial charge is 0.487 e. The highest BCUT2D eigenvalue weighted by molar-refractivity contribution is 5.69. The van der Waals surface area contributed by atoms with Crippen molar-refractivity contribution in [3.63, 3.8) is 0 Å². The van der Waals surface area contributed by atoms with E-state index in [0.717, 1.165) is 49.0 Å². The predicted octanol–water partition coefficient (Wildman–Crippen LogP) is 9.30. The number of ether oxygens (including phenoxy) is 2. The van der Waals surface area contributed by atoms with E-state index in [9.17, 15) is 4.79 Å². The molecule has 2 aromatic rings. The summed E-state index contributed by atoms with van der Waals surface area (Å²) in [5, 5.41) is 0. The van der Waals surface area contributed by atoms with E-state index in [4.69, 9.17) is 9.47 Å². The maximum atomic E-state index is 12.3. The zero-order valence-corrected chi connectivity index (χ0v) is 26.2. The van der Waals surface area contributed by atoms with Gasteiger partial charge in [0.15, 0.2) is 0 Å². The molecule has 2 aromatic carbocycles. The molecule has 0 N–H and O–H groups in total. The van der Waals surface area contributed by atoms with Gasteiger partial charge in [-0.3, -0.25) is 4.79 Å². The lowest BCUT2D eigenvalue weighted by atomic mass is 10.0. The van der Waals surface area contributed by atoms with E-state index >= 15 is 0 Å². The standard InChI is InChI=1S/C36H58NO3/c1-5-7-8-9-10-11-12-13-14-16-21-32-25-27-35(28-26-32)40-34(6-2)31-39-36(38)24-19-20-29-37(3,4)30-33-22-17-15-18-23-33/h15,17-18,22-23,25-28,34H,5-14,16,19-21,24,29-31H2,1-4H3/q+1.